The normalized spacial score (nSPS) is 21.6. The summed E-state index contributed by atoms with van der Waals surface area (Å²) in [6.07, 6.45) is 0.573. The zero-order chi connectivity index (χ0) is 34.9. The summed E-state index contributed by atoms with van der Waals surface area (Å²) in [7, 11) is -2.14. The van der Waals surface area contributed by atoms with Crippen molar-refractivity contribution >= 4 is 25.9 Å². The molecule has 3 heterocycles. The number of aliphatic hydroxyl groups is 1. The number of rotatable bonds is 11. The number of pyridine rings is 1. The van der Waals surface area contributed by atoms with E-state index in [-0.39, 0.29) is 55.8 Å². The topological polar surface area (TPSA) is 101 Å². The Labute approximate surface area is 286 Å². The predicted octanol–water partition coefficient (Wildman–Crippen LogP) is 5.58. The Morgan fingerprint density at radius 2 is 1.67 bits per heavy atom. The van der Waals surface area contributed by atoms with Gasteiger partial charge in [0.15, 0.2) is 11.4 Å². The van der Waals surface area contributed by atoms with Crippen LogP contribution in [-0.2, 0) is 33.0 Å². The molecule has 0 radical (unpaired) electrons. The highest BCUT2D eigenvalue weighted by Crippen LogP contribution is 2.60. The van der Waals surface area contributed by atoms with E-state index in [0.29, 0.717) is 16.9 Å². The van der Waals surface area contributed by atoms with Crippen LogP contribution in [0.5, 0.6) is 5.75 Å². The van der Waals surface area contributed by atoms with Crippen LogP contribution >= 0.6 is 0 Å². The van der Waals surface area contributed by atoms with E-state index >= 15 is 4.11 Å². The maximum atomic E-state index is 16.5. The molecule has 4 atom stereocenters. The van der Waals surface area contributed by atoms with Crippen molar-refractivity contribution in [3.8, 4) is 11.4 Å². The summed E-state index contributed by atoms with van der Waals surface area (Å²) < 4.78 is 30.1. The number of ether oxygens (including phenoxy) is 2. The third-order valence-electron chi connectivity index (χ3n) is 9.85. The van der Waals surface area contributed by atoms with Crippen LogP contribution in [0.1, 0.15) is 30.0 Å². The molecule has 49 heavy (non-hydrogen) atoms. The van der Waals surface area contributed by atoms with Gasteiger partial charge >= 0.3 is 0 Å². The van der Waals surface area contributed by atoms with Gasteiger partial charge in [-0.05, 0) is 54.6 Å². The monoisotopic (exact) mass is 683 g/mol. The molecule has 6 rings (SSSR count). The standard InChI is InChI=1S/C38H42FN3O6Si/c1-26-35(49(3,4)39)33(23-34(44)40(20-21-43)24-27-12-7-5-8-13-27)48-38(26)30-22-29(41-19-11-16-32(47-2)36(41)45)17-18-31(30)42(37(38)46)25-28-14-9-6-10-15-28/h5-19,22,26,33,35,43H,20-21,23-25H2,1-4H3/t26-,33+,35-,38+/m0/s1. The van der Waals surface area contributed by atoms with Gasteiger partial charge in [-0.25, -0.2) is 0 Å². The molecule has 0 unspecified atom stereocenters. The number of carbonyl (C=O) groups is 2. The zero-order valence-corrected chi connectivity index (χ0v) is 29.2. The molecule has 3 aromatic carbocycles. The van der Waals surface area contributed by atoms with Gasteiger partial charge in [-0.2, -0.15) is 0 Å². The Morgan fingerprint density at radius 3 is 2.31 bits per heavy atom. The molecule has 1 spiro atoms. The number of aromatic nitrogens is 1. The Morgan fingerprint density at radius 1 is 1.00 bits per heavy atom. The van der Waals surface area contributed by atoms with Gasteiger partial charge in [0, 0.05) is 42.0 Å². The first kappa shape index (κ1) is 34.3. The van der Waals surface area contributed by atoms with E-state index in [0.717, 1.165) is 11.1 Å². The molecule has 0 saturated carbocycles. The first-order valence-electron chi connectivity index (χ1n) is 16.5. The number of benzene rings is 3. The fraction of sp³-hybridized carbons (Fsp3) is 0.342. The van der Waals surface area contributed by atoms with Crippen molar-refractivity contribution in [3.05, 3.63) is 124 Å². The molecule has 0 aliphatic carbocycles. The molecule has 2 amide bonds. The molecule has 11 heteroatoms. The van der Waals surface area contributed by atoms with Gasteiger partial charge in [0.2, 0.25) is 14.3 Å². The first-order valence-corrected chi connectivity index (χ1v) is 19.5. The number of carbonyl (C=O) groups excluding carboxylic acids is 2. The fourth-order valence-corrected chi connectivity index (χ4v) is 10.2. The van der Waals surface area contributed by atoms with E-state index in [9.17, 15) is 19.5 Å². The highest BCUT2D eigenvalue weighted by molar-refractivity contribution is 6.72. The SMILES string of the molecule is COc1cccn(-c2ccc3c(c2)[C@@]2(O[C@H](CC(=O)N(CCO)Cc4ccccc4)[C@@H]([Si](C)(C)F)[C@@H]2C)C(=O)N3Cc2ccccc2)c1=O. The average molecular weight is 684 g/mol. The van der Waals surface area contributed by atoms with E-state index < -0.39 is 31.6 Å². The second kappa shape index (κ2) is 13.7. The number of hydrogen-bond acceptors (Lipinski definition) is 6. The van der Waals surface area contributed by atoms with Gasteiger partial charge in [0.05, 0.1) is 38.5 Å². The number of hydrogen-bond donors (Lipinski definition) is 1. The largest absolute Gasteiger partial charge is 0.491 e. The number of aliphatic hydroxyl groups excluding tert-OH is 1. The Kier molecular flexibility index (Phi) is 9.61. The van der Waals surface area contributed by atoms with E-state index in [1.165, 1.54) is 11.7 Å². The minimum Gasteiger partial charge on any atom is -0.491 e. The average Bonchev–Trinajstić information content (AvgIpc) is 3.51. The van der Waals surface area contributed by atoms with Crippen molar-refractivity contribution in [1.82, 2.24) is 9.47 Å². The highest BCUT2D eigenvalue weighted by atomic mass is 28.4. The molecule has 1 N–H and O–H groups in total. The summed E-state index contributed by atoms with van der Waals surface area (Å²) in [6.45, 7) is 5.44. The van der Waals surface area contributed by atoms with Crippen molar-refractivity contribution in [2.75, 3.05) is 25.2 Å². The van der Waals surface area contributed by atoms with Gasteiger partial charge in [-0.3, -0.25) is 19.0 Å². The Balaban J connectivity index is 1.44. The summed E-state index contributed by atoms with van der Waals surface area (Å²) in [4.78, 5) is 45.3. The van der Waals surface area contributed by atoms with Gasteiger partial charge in [-0.15, -0.1) is 0 Å². The predicted molar refractivity (Wildman–Crippen MR) is 188 cm³/mol. The Bertz CT molecular complexity index is 1880. The second-order valence-corrected chi connectivity index (χ2v) is 17.1. The van der Waals surface area contributed by atoms with Crippen LogP contribution in [0.2, 0.25) is 18.6 Å². The van der Waals surface area contributed by atoms with Gasteiger partial charge in [0.25, 0.3) is 11.5 Å². The van der Waals surface area contributed by atoms with Crippen LogP contribution in [-0.4, -0.2) is 61.2 Å². The first-order chi connectivity index (χ1) is 23.5. The maximum Gasteiger partial charge on any atom is 0.297 e. The number of fused-ring (bicyclic) bond motifs is 2. The van der Waals surface area contributed by atoms with E-state index in [1.807, 2.05) is 67.6 Å². The van der Waals surface area contributed by atoms with Crippen LogP contribution in [0.25, 0.3) is 5.69 Å². The minimum atomic E-state index is -3.57. The lowest BCUT2D eigenvalue weighted by Crippen LogP contribution is -2.45. The molecule has 1 fully saturated rings. The lowest BCUT2D eigenvalue weighted by Gasteiger charge is -2.31. The summed E-state index contributed by atoms with van der Waals surface area (Å²) in [5, 5.41) is 9.82. The molecule has 256 valence electrons. The third-order valence-corrected chi connectivity index (χ3v) is 12.3. The zero-order valence-electron chi connectivity index (χ0n) is 28.2. The Hall–Kier alpha value is -4.58. The molecule has 9 nitrogen and oxygen atoms in total. The van der Waals surface area contributed by atoms with Crippen LogP contribution < -0.4 is 15.2 Å². The quantitative estimate of drug-likeness (QED) is 0.164. The van der Waals surface area contributed by atoms with E-state index in [1.54, 1.807) is 59.4 Å². The smallest absolute Gasteiger partial charge is 0.297 e. The molecule has 4 aromatic rings. The molecular formula is C38H42FN3O6Si. The van der Waals surface area contributed by atoms with Crippen LogP contribution in [0.4, 0.5) is 9.80 Å². The molecule has 0 bridgehead atoms. The van der Waals surface area contributed by atoms with Crippen molar-refractivity contribution in [3.63, 3.8) is 0 Å². The maximum absolute atomic E-state index is 16.5. The lowest BCUT2D eigenvalue weighted by atomic mass is 9.82. The van der Waals surface area contributed by atoms with E-state index in [2.05, 4.69) is 0 Å². The number of anilines is 1. The third kappa shape index (κ3) is 6.34. The summed E-state index contributed by atoms with van der Waals surface area (Å²) >= 11 is 0. The van der Waals surface area contributed by atoms with E-state index in [4.69, 9.17) is 9.47 Å². The van der Waals surface area contributed by atoms with Gasteiger partial charge in [-0.1, -0.05) is 67.6 Å². The molecule has 1 aromatic heterocycles. The highest BCUT2D eigenvalue weighted by Gasteiger charge is 2.67. The van der Waals surface area contributed by atoms with Crippen LogP contribution in [0.3, 0.4) is 0 Å². The molecule has 2 aliphatic heterocycles. The van der Waals surface area contributed by atoms with Crippen molar-refractivity contribution in [1.29, 1.82) is 0 Å². The van der Waals surface area contributed by atoms with Crippen molar-refractivity contribution < 1.29 is 28.3 Å². The number of halogens is 1. The fourth-order valence-electron chi connectivity index (χ4n) is 7.66. The summed E-state index contributed by atoms with van der Waals surface area (Å²) in [6, 6.07) is 27.7. The number of nitrogens with zero attached hydrogens (tertiary/aromatic N) is 3. The van der Waals surface area contributed by atoms with Crippen LogP contribution in [0, 0.1) is 5.92 Å². The number of amides is 2. The minimum absolute atomic E-state index is 0.105. The van der Waals surface area contributed by atoms with Crippen molar-refractivity contribution in [2.24, 2.45) is 5.92 Å². The van der Waals surface area contributed by atoms with Gasteiger partial charge in [0.1, 0.15) is 0 Å². The van der Waals surface area contributed by atoms with Crippen LogP contribution in [0.15, 0.2) is 102 Å². The lowest BCUT2D eigenvalue weighted by molar-refractivity contribution is -0.150. The molecule has 1 saturated heterocycles. The summed E-state index contributed by atoms with van der Waals surface area (Å²) in [5.74, 6) is -1.10. The second-order valence-electron chi connectivity index (χ2n) is 13.3. The summed E-state index contributed by atoms with van der Waals surface area (Å²) in [5.41, 5.74) is 0.758. The van der Waals surface area contributed by atoms with Gasteiger partial charge < -0.3 is 28.5 Å². The van der Waals surface area contributed by atoms with Crippen molar-refractivity contribution in [2.45, 2.75) is 56.8 Å². The number of methoxy groups -OCH3 is 1. The molecule has 2 aliphatic rings. The molecular weight excluding hydrogens is 642 g/mol.